The summed E-state index contributed by atoms with van der Waals surface area (Å²) in [5.74, 6) is 0. The van der Waals surface area contributed by atoms with Gasteiger partial charge in [-0.05, 0) is 65.6 Å². The summed E-state index contributed by atoms with van der Waals surface area (Å²) in [4.78, 5) is 12.5. The minimum atomic E-state index is 0.250. The predicted molar refractivity (Wildman–Crippen MR) is 136 cm³/mol. The minimum Gasteiger partial charge on any atom is -0.379 e. The largest absolute Gasteiger partial charge is 0.379 e. The van der Waals surface area contributed by atoms with Crippen molar-refractivity contribution in [3.05, 3.63) is 77.4 Å². The molecule has 0 spiro atoms. The predicted octanol–water partition coefficient (Wildman–Crippen LogP) is 4.65. The quantitative estimate of drug-likeness (QED) is 0.517. The highest BCUT2D eigenvalue weighted by Crippen LogP contribution is 2.30. The number of rotatable bonds is 5. The summed E-state index contributed by atoms with van der Waals surface area (Å²) in [7, 11) is 0. The number of carbonyl (C=O) groups excluding carboxylic acids is 1. The number of primary amides is 1. The lowest BCUT2D eigenvalue weighted by Gasteiger charge is -2.31. The molecule has 1 fully saturated rings. The Balaban J connectivity index is 0.000000821. The third kappa shape index (κ3) is 6.81. The molecule has 2 N–H and O–H groups in total. The van der Waals surface area contributed by atoms with Crippen molar-refractivity contribution in [3.63, 3.8) is 0 Å². The van der Waals surface area contributed by atoms with Crippen LogP contribution < -0.4 is 5.73 Å². The van der Waals surface area contributed by atoms with Crippen LogP contribution in [0.5, 0.6) is 0 Å². The number of amides is 1. The van der Waals surface area contributed by atoms with Crippen molar-refractivity contribution in [2.75, 3.05) is 39.4 Å². The lowest BCUT2D eigenvalue weighted by molar-refractivity contribution is -0.106. The summed E-state index contributed by atoms with van der Waals surface area (Å²) >= 11 is 1.85. The molecule has 2 aromatic carbocycles. The van der Waals surface area contributed by atoms with E-state index in [4.69, 9.17) is 9.53 Å². The average molecular weight is 464 g/mol. The average Bonchev–Trinajstić information content (AvgIpc) is 2.86. The van der Waals surface area contributed by atoms with Crippen molar-refractivity contribution in [1.82, 2.24) is 9.21 Å². The topological polar surface area (TPSA) is 58.8 Å². The van der Waals surface area contributed by atoms with Gasteiger partial charge >= 0.3 is 0 Å². The molecule has 0 saturated carbocycles. The molecule has 5 nitrogen and oxygen atoms in total. The van der Waals surface area contributed by atoms with Crippen LogP contribution in [0.4, 0.5) is 0 Å². The van der Waals surface area contributed by atoms with Crippen molar-refractivity contribution < 1.29 is 9.53 Å². The number of ether oxygens (including phenoxy) is 1. The zero-order chi connectivity index (χ0) is 22.9. The Kier molecular flexibility index (Phi) is 8.78. The molecule has 1 aliphatic carbocycles. The van der Waals surface area contributed by atoms with Gasteiger partial charge in [-0.2, -0.15) is 0 Å². The van der Waals surface area contributed by atoms with Crippen LogP contribution in [-0.4, -0.2) is 55.0 Å². The Morgan fingerprint density at radius 3 is 2.58 bits per heavy atom. The monoisotopic (exact) mass is 463 g/mol. The smallest absolute Gasteiger partial charge is 0.204 e. The molecule has 2 heterocycles. The van der Waals surface area contributed by atoms with Crippen LogP contribution in [0.2, 0.25) is 0 Å². The molecule has 33 heavy (non-hydrogen) atoms. The third-order valence-electron chi connectivity index (χ3n) is 6.24. The number of hydrogen-bond donors (Lipinski definition) is 1. The van der Waals surface area contributed by atoms with E-state index < -0.39 is 0 Å². The van der Waals surface area contributed by atoms with Crippen molar-refractivity contribution >= 4 is 18.4 Å². The van der Waals surface area contributed by atoms with Crippen LogP contribution in [0.15, 0.2) is 76.7 Å². The molecule has 5 rings (SSSR count). The van der Waals surface area contributed by atoms with E-state index in [2.05, 4.69) is 75.6 Å². The van der Waals surface area contributed by atoms with Crippen LogP contribution in [0.1, 0.15) is 24.8 Å². The number of nitrogens with zero attached hydrogens (tertiary/aromatic N) is 2. The summed E-state index contributed by atoms with van der Waals surface area (Å²) in [6, 6.07) is 18.1. The standard InChI is InChI=1S/C26H30N2OS.CH3NO/c1-2-5-25-20-27(13-12-22(25)4-1)19-21-8-10-23(11-9-21)24-6-3-7-26(18-24)30-28-14-16-29-17-15-28;2-1-3/h2-3,5-11,18H,1,4,12-17,19-20H2;1H,(H2,2,3). The summed E-state index contributed by atoms with van der Waals surface area (Å²) < 4.78 is 7.85. The Bertz CT molecular complexity index is 981. The number of allylic oxidation sites excluding steroid dienone is 1. The van der Waals surface area contributed by atoms with Crippen LogP contribution in [-0.2, 0) is 16.1 Å². The van der Waals surface area contributed by atoms with Gasteiger partial charge in [0.1, 0.15) is 0 Å². The van der Waals surface area contributed by atoms with E-state index in [1.54, 1.807) is 11.1 Å². The normalized spacial score (nSPS) is 18.9. The molecule has 0 radical (unpaired) electrons. The van der Waals surface area contributed by atoms with Crippen LogP contribution in [0, 0.1) is 0 Å². The molecule has 0 atom stereocenters. The van der Waals surface area contributed by atoms with Gasteiger partial charge in [0, 0.05) is 37.6 Å². The summed E-state index contributed by atoms with van der Waals surface area (Å²) in [5.41, 5.74) is 11.4. The van der Waals surface area contributed by atoms with Gasteiger partial charge in [0.25, 0.3) is 0 Å². The first kappa shape index (κ1) is 23.8. The van der Waals surface area contributed by atoms with E-state index in [1.807, 2.05) is 11.9 Å². The van der Waals surface area contributed by atoms with Gasteiger partial charge in [-0.15, -0.1) is 0 Å². The molecule has 2 aromatic rings. The second kappa shape index (κ2) is 12.2. The fourth-order valence-corrected chi connectivity index (χ4v) is 5.49. The first-order valence-corrected chi connectivity index (χ1v) is 12.5. The number of morpholine rings is 1. The van der Waals surface area contributed by atoms with Gasteiger partial charge in [-0.25, -0.2) is 4.31 Å². The van der Waals surface area contributed by atoms with Crippen LogP contribution in [0.3, 0.4) is 0 Å². The highest BCUT2D eigenvalue weighted by atomic mass is 32.2. The zero-order valence-corrected chi connectivity index (χ0v) is 19.9. The molecule has 6 heteroatoms. The molecule has 1 amide bonds. The first-order valence-electron chi connectivity index (χ1n) is 11.7. The van der Waals surface area contributed by atoms with Crippen LogP contribution in [0.25, 0.3) is 11.1 Å². The van der Waals surface area contributed by atoms with Crippen molar-refractivity contribution in [1.29, 1.82) is 0 Å². The van der Waals surface area contributed by atoms with Gasteiger partial charge in [0.15, 0.2) is 0 Å². The van der Waals surface area contributed by atoms with Crippen LogP contribution >= 0.6 is 11.9 Å². The molecular formula is C27H33N3O2S. The van der Waals surface area contributed by atoms with Crippen molar-refractivity contribution in [2.24, 2.45) is 5.73 Å². The molecule has 1 saturated heterocycles. The zero-order valence-electron chi connectivity index (χ0n) is 19.1. The summed E-state index contributed by atoms with van der Waals surface area (Å²) in [5, 5.41) is 0. The Hall–Kier alpha value is -2.38. The summed E-state index contributed by atoms with van der Waals surface area (Å²) in [6.45, 7) is 6.99. The molecule has 0 bridgehead atoms. The maximum absolute atomic E-state index is 8.58. The lowest BCUT2D eigenvalue weighted by atomic mass is 9.91. The highest BCUT2D eigenvalue weighted by molar-refractivity contribution is 7.97. The highest BCUT2D eigenvalue weighted by Gasteiger charge is 2.19. The second-order valence-corrected chi connectivity index (χ2v) is 9.69. The van der Waals surface area contributed by atoms with Crippen molar-refractivity contribution in [2.45, 2.75) is 30.7 Å². The Morgan fingerprint density at radius 2 is 1.79 bits per heavy atom. The molecule has 0 unspecified atom stereocenters. The van der Waals surface area contributed by atoms with Gasteiger partial charge in [0.2, 0.25) is 6.41 Å². The van der Waals surface area contributed by atoms with E-state index in [0.717, 1.165) is 39.4 Å². The third-order valence-corrected chi connectivity index (χ3v) is 7.33. The van der Waals surface area contributed by atoms with E-state index in [9.17, 15) is 0 Å². The molecule has 3 aliphatic rings. The number of hydrogen-bond acceptors (Lipinski definition) is 5. The summed E-state index contributed by atoms with van der Waals surface area (Å²) in [6.07, 6.45) is 8.69. The maximum Gasteiger partial charge on any atom is 0.204 e. The number of carbonyl (C=O) groups is 1. The first-order chi connectivity index (χ1) is 16.2. The van der Waals surface area contributed by atoms with Gasteiger partial charge in [-0.3, -0.25) is 9.69 Å². The molecular weight excluding hydrogens is 430 g/mol. The van der Waals surface area contributed by atoms with E-state index >= 15 is 0 Å². The van der Waals surface area contributed by atoms with E-state index in [1.165, 1.54) is 47.4 Å². The molecule has 174 valence electrons. The second-order valence-electron chi connectivity index (χ2n) is 8.52. The SMILES string of the molecule is C1=CC2=C(CC1)CCN(Cc1ccc(-c3cccc(SN4CCOCC4)c3)cc1)C2.NC=O. The Morgan fingerprint density at radius 1 is 1.00 bits per heavy atom. The van der Waals surface area contributed by atoms with Gasteiger partial charge in [0.05, 0.1) is 13.2 Å². The molecule has 2 aliphatic heterocycles. The molecule has 0 aromatic heterocycles. The fraction of sp³-hybridized carbons (Fsp3) is 0.370. The lowest BCUT2D eigenvalue weighted by Crippen LogP contribution is -2.31. The number of benzene rings is 2. The maximum atomic E-state index is 8.58. The van der Waals surface area contributed by atoms with Gasteiger partial charge < -0.3 is 10.5 Å². The number of nitrogens with two attached hydrogens (primary N) is 1. The Labute approximate surface area is 201 Å². The van der Waals surface area contributed by atoms with Gasteiger partial charge in [-0.1, -0.05) is 54.1 Å². The van der Waals surface area contributed by atoms with Crippen molar-refractivity contribution in [3.8, 4) is 11.1 Å². The minimum absolute atomic E-state index is 0.250. The van der Waals surface area contributed by atoms with E-state index in [0.29, 0.717) is 0 Å². The fourth-order valence-electron chi connectivity index (χ4n) is 4.54. The van der Waals surface area contributed by atoms with E-state index in [-0.39, 0.29) is 6.41 Å².